The van der Waals surface area contributed by atoms with Gasteiger partial charge in [0.25, 0.3) is 0 Å². The van der Waals surface area contributed by atoms with Gasteiger partial charge in [-0.25, -0.2) is 0 Å². The van der Waals surface area contributed by atoms with E-state index in [1.807, 2.05) is 6.07 Å². The highest BCUT2D eigenvalue weighted by atomic mass is 16.3. The number of nitrogens with zero attached hydrogens (tertiary/aromatic N) is 1. The van der Waals surface area contributed by atoms with E-state index in [-0.39, 0.29) is 17.7 Å². The number of aromatic hydroxyl groups is 1. The van der Waals surface area contributed by atoms with Crippen molar-refractivity contribution in [1.29, 1.82) is 0 Å². The molecule has 1 aromatic carbocycles. The summed E-state index contributed by atoms with van der Waals surface area (Å²) in [5.41, 5.74) is 2.92. The second-order valence-electron chi connectivity index (χ2n) is 7.90. The smallest absolute Gasteiger partial charge is 0.150 e. The average Bonchev–Trinajstić information content (AvgIpc) is 3.03. The van der Waals surface area contributed by atoms with Crippen molar-refractivity contribution in [2.75, 3.05) is 11.9 Å². The van der Waals surface area contributed by atoms with Crippen molar-refractivity contribution in [3.05, 3.63) is 35.4 Å². The van der Waals surface area contributed by atoms with Crippen LogP contribution >= 0.6 is 0 Å². The molecule has 6 aliphatic rings. The van der Waals surface area contributed by atoms with E-state index >= 15 is 0 Å². The van der Waals surface area contributed by atoms with E-state index in [4.69, 9.17) is 0 Å². The maximum Gasteiger partial charge on any atom is 0.150 e. The van der Waals surface area contributed by atoms with E-state index in [2.05, 4.69) is 29.3 Å². The summed E-state index contributed by atoms with van der Waals surface area (Å²) in [7, 11) is 0. The number of ketones is 1. The fraction of sp³-hybridized carbons (Fsp3) is 0.526. The Bertz CT molecular complexity index is 801. The molecule has 5 fully saturated rings. The summed E-state index contributed by atoms with van der Waals surface area (Å²) in [5.74, 6) is 1.32. The third kappa shape index (κ3) is 1.12. The Kier molecular flexibility index (Phi) is 1.99. The molecule has 1 aliphatic carbocycles. The number of carbonyl (C=O) groups excluding carboxylic acids is 1. The minimum Gasteiger partial charge on any atom is -0.506 e. The van der Waals surface area contributed by atoms with Crippen LogP contribution in [-0.4, -0.2) is 40.5 Å². The van der Waals surface area contributed by atoms with Crippen molar-refractivity contribution in [2.24, 2.45) is 11.8 Å². The Morgan fingerprint density at radius 2 is 2.26 bits per heavy atom. The zero-order valence-corrected chi connectivity index (χ0v) is 13.1. The van der Waals surface area contributed by atoms with Gasteiger partial charge in [0.1, 0.15) is 5.75 Å². The summed E-state index contributed by atoms with van der Waals surface area (Å²) >= 11 is 0. The fourth-order valence-corrected chi connectivity index (χ4v) is 6.63. The van der Waals surface area contributed by atoms with E-state index in [1.54, 1.807) is 6.07 Å². The number of benzene rings is 1. The second-order valence-corrected chi connectivity index (χ2v) is 7.90. The molecule has 118 valence electrons. The molecule has 5 bridgehead atoms. The van der Waals surface area contributed by atoms with Gasteiger partial charge in [0.05, 0.1) is 17.1 Å². The van der Waals surface area contributed by atoms with E-state index < -0.39 is 5.41 Å². The molecule has 1 spiro atoms. The molecular weight excluding hydrogens is 288 g/mol. The summed E-state index contributed by atoms with van der Waals surface area (Å²) in [5, 5.41) is 13.8. The van der Waals surface area contributed by atoms with Crippen molar-refractivity contribution < 1.29 is 9.90 Å². The number of piperidine rings is 4. The normalized spacial score (nSPS) is 49.4. The number of hydrogen-bond acceptors (Lipinski definition) is 4. The van der Waals surface area contributed by atoms with Crippen molar-refractivity contribution in [3.8, 4) is 5.75 Å². The van der Waals surface area contributed by atoms with Crippen molar-refractivity contribution in [2.45, 2.75) is 43.3 Å². The third-order valence-electron chi connectivity index (χ3n) is 7.42. The molecule has 7 atom stereocenters. The number of Topliss-reactive ketones (excluding diaryl/α,β-unsaturated/α-hetero) is 1. The summed E-state index contributed by atoms with van der Waals surface area (Å²) < 4.78 is 0. The molecule has 7 rings (SSSR count). The number of allylic oxidation sites excluding steroid dienone is 1. The van der Waals surface area contributed by atoms with Crippen molar-refractivity contribution in [3.63, 3.8) is 0 Å². The molecule has 4 heteroatoms. The van der Waals surface area contributed by atoms with Gasteiger partial charge >= 0.3 is 0 Å². The van der Waals surface area contributed by atoms with Crippen molar-refractivity contribution in [1.82, 2.24) is 4.90 Å². The van der Waals surface area contributed by atoms with Crippen LogP contribution in [0.25, 0.3) is 0 Å². The van der Waals surface area contributed by atoms with Crippen molar-refractivity contribution >= 4 is 11.5 Å². The topological polar surface area (TPSA) is 52.6 Å². The molecule has 5 aliphatic heterocycles. The number of phenols is 1. The van der Waals surface area contributed by atoms with Gasteiger partial charge in [-0.1, -0.05) is 23.8 Å². The molecule has 0 radical (unpaired) electrons. The van der Waals surface area contributed by atoms with Crippen LogP contribution in [-0.2, 0) is 10.2 Å². The first-order chi connectivity index (χ1) is 11.2. The zero-order chi connectivity index (χ0) is 15.5. The van der Waals surface area contributed by atoms with E-state index in [1.165, 1.54) is 5.57 Å². The number of nitrogens with one attached hydrogen (secondary N) is 1. The number of rotatable bonds is 0. The van der Waals surface area contributed by atoms with Gasteiger partial charge in [-0.3, -0.25) is 9.69 Å². The van der Waals surface area contributed by atoms with Gasteiger partial charge in [0, 0.05) is 24.5 Å². The first-order valence-corrected chi connectivity index (χ1v) is 8.71. The van der Waals surface area contributed by atoms with Gasteiger partial charge in [-0.05, 0) is 37.3 Å². The number of anilines is 1. The first kappa shape index (κ1) is 12.6. The average molecular weight is 308 g/mol. The molecule has 0 aromatic heterocycles. The molecular formula is C19H20N2O2. The van der Waals surface area contributed by atoms with Crippen LogP contribution in [0.4, 0.5) is 5.69 Å². The first-order valence-electron chi connectivity index (χ1n) is 8.71. The van der Waals surface area contributed by atoms with Gasteiger partial charge in [0.15, 0.2) is 5.78 Å². The highest BCUT2D eigenvalue weighted by molar-refractivity contribution is 6.02. The Hall–Kier alpha value is -1.81. The molecule has 1 unspecified atom stereocenters. The highest BCUT2D eigenvalue weighted by Gasteiger charge is 2.73. The van der Waals surface area contributed by atoms with Gasteiger partial charge in [-0.2, -0.15) is 0 Å². The quantitative estimate of drug-likeness (QED) is 0.569. The lowest BCUT2D eigenvalue weighted by Crippen LogP contribution is -2.66. The van der Waals surface area contributed by atoms with Gasteiger partial charge in [0.2, 0.25) is 0 Å². The zero-order valence-electron chi connectivity index (χ0n) is 13.1. The number of phenolic OH excluding ortho intramolecular Hbond substituents is 1. The van der Waals surface area contributed by atoms with Crippen LogP contribution < -0.4 is 5.32 Å². The summed E-state index contributed by atoms with van der Waals surface area (Å²) in [4.78, 5) is 16.2. The van der Waals surface area contributed by atoms with Crippen LogP contribution in [0.1, 0.15) is 25.3 Å². The summed E-state index contributed by atoms with van der Waals surface area (Å²) in [6.45, 7) is 3.14. The molecule has 23 heavy (non-hydrogen) atoms. The molecule has 1 aromatic rings. The number of para-hydroxylation sites is 1. The lowest BCUT2D eigenvalue weighted by Gasteiger charge is -2.57. The summed E-state index contributed by atoms with van der Waals surface area (Å²) in [6.07, 6.45) is 4.24. The largest absolute Gasteiger partial charge is 0.506 e. The van der Waals surface area contributed by atoms with Gasteiger partial charge in [-0.15, -0.1) is 0 Å². The van der Waals surface area contributed by atoms with E-state index in [0.717, 1.165) is 30.6 Å². The number of hydrogen-bond donors (Lipinski definition) is 2. The van der Waals surface area contributed by atoms with Crippen LogP contribution in [0, 0.1) is 11.8 Å². The molecule has 5 heterocycles. The summed E-state index contributed by atoms with van der Waals surface area (Å²) in [6, 6.07) is 6.61. The van der Waals surface area contributed by atoms with Crippen LogP contribution in [0.15, 0.2) is 29.8 Å². The Morgan fingerprint density at radius 1 is 1.39 bits per heavy atom. The maximum absolute atomic E-state index is 13.6. The molecule has 4 saturated heterocycles. The minimum absolute atomic E-state index is 0.128. The molecule has 4 nitrogen and oxygen atoms in total. The monoisotopic (exact) mass is 308 g/mol. The standard InChI is InChI=1S/C19H20N2O2/c1-2-9-8-21-12-6-10(9)15-13(21)7-19(18(15)23)11-4-3-5-14(22)16(11)20-17(12)19/h2-5,10,12-13,15,17,20,22H,6-8H2,1H3/t10-,12-,13-,15-,17-,19+/m0/s1. The maximum atomic E-state index is 13.6. The Labute approximate surface area is 135 Å². The fourth-order valence-electron chi connectivity index (χ4n) is 6.63. The lowest BCUT2D eigenvalue weighted by molar-refractivity contribution is -0.126. The third-order valence-corrected chi connectivity index (χ3v) is 7.42. The predicted molar refractivity (Wildman–Crippen MR) is 86.5 cm³/mol. The Balaban J connectivity index is 1.62. The minimum atomic E-state index is -0.400. The van der Waals surface area contributed by atoms with E-state index in [9.17, 15) is 9.90 Å². The predicted octanol–water partition coefficient (Wildman–Crippen LogP) is 2.05. The van der Waals surface area contributed by atoms with Crippen LogP contribution in [0.5, 0.6) is 5.75 Å². The molecule has 2 N–H and O–H groups in total. The molecule has 1 saturated carbocycles. The van der Waals surface area contributed by atoms with Gasteiger partial charge < -0.3 is 10.4 Å². The lowest BCUT2D eigenvalue weighted by atomic mass is 9.65. The van der Waals surface area contributed by atoms with E-state index in [0.29, 0.717) is 23.8 Å². The molecule has 0 amide bonds. The number of fused-ring (bicyclic) bond motifs is 2. The SMILES string of the molecule is CC=C1CN2[C@H]3C[C@]45C(=O)[C@H]3[C@H]1C[C@H]2[C@@H]4Nc1c(O)cccc15. The Morgan fingerprint density at radius 3 is 3.09 bits per heavy atom. The van der Waals surface area contributed by atoms with Crippen LogP contribution in [0.2, 0.25) is 0 Å². The number of carbonyl (C=O) groups is 1. The second kappa shape index (κ2) is 3.64. The van der Waals surface area contributed by atoms with Crippen LogP contribution in [0.3, 0.4) is 0 Å². The highest BCUT2D eigenvalue weighted by Crippen LogP contribution is 2.65.